The molecule has 1 heterocycles. The maximum atomic E-state index is 12.1. The minimum atomic E-state index is -3.63. The molecule has 0 aliphatic carbocycles. The Morgan fingerprint density at radius 3 is 2.55 bits per heavy atom. The number of hydrogen-bond donors (Lipinski definition) is 2. The Kier molecular flexibility index (Phi) is 3.74. The number of aromatic amines is 1. The minimum absolute atomic E-state index is 0.0420. The van der Waals surface area contributed by atoms with Crippen molar-refractivity contribution in [1.82, 2.24) is 9.97 Å². The highest BCUT2D eigenvalue weighted by molar-refractivity contribution is 7.91. The third kappa shape index (κ3) is 3.48. The highest BCUT2D eigenvalue weighted by Crippen LogP contribution is 2.18. The van der Waals surface area contributed by atoms with E-state index in [2.05, 4.69) is 9.97 Å². The van der Waals surface area contributed by atoms with E-state index in [9.17, 15) is 16.8 Å². The summed E-state index contributed by atoms with van der Waals surface area (Å²) in [6.07, 6.45) is 1.12. The molecule has 0 amide bonds. The van der Waals surface area contributed by atoms with Crippen molar-refractivity contribution >= 4 is 36.4 Å². The van der Waals surface area contributed by atoms with E-state index in [-0.39, 0.29) is 23.1 Å². The number of rotatable bonds is 5. The number of nitrogens with zero attached hydrogens (tertiary/aromatic N) is 1. The fourth-order valence-corrected chi connectivity index (χ4v) is 3.83. The fourth-order valence-electron chi connectivity index (χ4n) is 1.76. The monoisotopic (exact) mass is 317 g/mol. The largest absolute Gasteiger partial charge is 0.399 e. The Labute approximate surface area is 117 Å². The van der Waals surface area contributed by atoms with Crippen molar-refractivity contribution in [3.63, 3.8) is 0 Å². The van der Waals surface area contributed by atoms with Crippen molar-refractivity contribution < 1.29 is 16.8 Å². The average Bonchev–Trinajstić information content (AvgIpc) is 2.70. The zero-order chi connectivity index (χ0) is 15.0. The lowest BCUT2D eigenvalue weighted by Gasteiger charge is -2.00. The van der Waals surface area contributed by atoms with Crippen LogP contribution in [-0.4, -0.2) is 44.6 Å². The zero-order valence-electron chi connectivity index (χ0n) is 10.8. The van der Waals surface area contributed by atoms with Gasteiger partial charge in [-0.15, -0.1) is 0 Å². The average molecular weight is 317 g/mol. The summed E-state index contributed by atoms with van der Waals surface area (Å²) in [5.41, 5.74) is 7.14. The molecule has 110 valence electrons. The molecule has 0 radical (unpaired) electrons. The SMILES string of the molecule is CS(=O)(=O)CCCS(=O)(=O)c1nc2ccc(N)cc2[nH]1. The van der Waals surface area contributed by atoms with E-state index >= 15 is 0 Å². The molecule has 0 fully saturated rings. The maximum Gasteiger partial charge on any atom is 0.226 e. The molecule has 20 heavy (non-hydrogen) atoms. The Balaban J connectivity index is 2.23. The van der Waals surface area contributed by atoms with Gasteiger partial charge in [0.1, 0.15) is 9.84 Å². The molecule has 1 aromatic carbocycles. The summed E-state index contributed by atoms with van der Waals surface area (Å²) >= 11 is 0. The van der Waals surface area contributed by atoms with Crippen LogP contribution < -0.4 is 5.73 Å². The number of nitrogens with one attached hydrogen (secondary N) is 1. The topological polar surface area (TPSA) is 123 Å². The van der Waals surface area contributed by atoms with Crippen LogP contribution in [0.5, 0.6) is 0 Å². The molecule has 1 aromatic heterocycles. The number of H-pyrrole nitrogens is 1. The third-order valence-corrected chi connectivity index (χ3v) is 5.35. The number of sulfone groups is 2. The van der Waals surface area contributed by atoms with Gasteiger partial charge in [-0.1, -0.05) is 0 Å². The van der Waals surface area contributed by atoms with Crippen LogP contribution in [-0.2, 0) is 19.7 Å². The van der Waals surface area contributed by atoms with Crippen molar-refractivity contribution in [3.8, 4) is 0 Å². The number of anilines is 1. The van der Waals surface area contributed by atoms with Crippen LogP contribution in [0.25, 0.3) is 11.0 Å². The smallest absolute Gasteiger partial charge is 0.226 e. The number of nitrogens with two attached hydrogens (primary N) is 1. The third-order valence-electron chi connectivity index (χ3n) is 2.71. The Morgan fingerprint density at radius 2 is 1.90 bits per heavy atom. The summed E-state index contributed by atoms with van der Waals surface area (Å²) in [5.74, 6) is -0.436. The quantitative estimate of drug-likeness (QED) is 0.767. The van der Waals surface area contributed by atoms with E-state index in [0.29, 0.717) is 16.7 Å². The van der Waals surface area contributed by atoms with E-state index in [1.165, 1.54) is 0 Å². The predicted molar refractivity (Wildman–Crippen MR) is 76.9 cm³/mol. The van der Waals surface area contributed by atoms with Gasteiger partial charge in [0.2, 0.25) is 15.0 Å². The molecule has 0 unspecified atom stereocenters. The molecule has 0 saturated carbocycles. The lowest BCUT2D eigenvalue weighted by atomic mass is 10.3. The summed E-state index contributed by atoms with van der Waals surface area (Å²) in [6.45, 7) is 0. The second-order valence-electron chi connectivity index (χ2n) is 4.62. The van der Waals surface area contributed by atoms with Gasteiger partial charge < -0.3 is 10.7 Å². The second-order valence-corrected chi connectivity index (χ2v) is 8.91. The van der Waals surface area contributed by atoms with Crippen LogP contribution in [0.15, 0.2) is 23.4 Å². The van der Waals surface area contributed by atoms with Crippen LogP contribution in [0.4, 0.5) is 5.69 Å². The van der Waals surface area contributed by atoms with Gasteiger partial charge in [-0.3, -0.25) is 0 Å². The van der Waals surface area contributed by atoms with Crippen molar-refractivity contribution in [2.24, 2.45) is 0 Å². The van der Waals surface area contributed by atoms with Gasteiger partial charge in [0.05, 0.1) is 22.5 Å². The first kappa shape index (κ1) is 14.8. The van der Waals surface area contributed by atoms with Gasteiger partial charge >= 0.3 is 0 Å². The fraction of sp³-hybridized carbons (Fsp3) is 0.364. The van der Waals surface area contributed by atoms with Gasteiger partial charge in [0.15, 0.2) is 0 Å². The van der Waals surface area contributed by atoms with Gasteiger partial charge in [0.25, 0.3) is 0 Å². The normalized spacial score (nSPS) is 12.8. The lowest BCUT2D eigenvalue weighted by Crippen LogP contribution is -2.13. The number of aromatic nitrogens is 2. The van der Waals surface area contributed by atoms with E-state index in [0.717, 1.165) is 6.26 Å². The van der Waals surface area contributed by atoms with E-state index in [4.69, 9.17) is 5.73 Å². The number of benzene rings is 1. The van der Waals surface area contributed by atoms with Crippen LogP contribution >= 0.6 is 0 Å². The van der Waals surface area contributed by atoms with Crippen LogP contribution in [0.3, 0.4) is 0 Å². The zero-order valence-corrected chi connectivity index (χ0v) is 12.5. The van der Waals surface area contributed by atoms with Gasteiger partial charge in [-0.25, -0.2) is 21.8 Å². The van der Waals surface area contributed by atoms with Gasteiger partial charge in [-0.05, 0) is 24.6 Å². The molecule has 0 atom stereocenters. The molecule has 2 rings (SSSR count). The highest BCUT2D eigenvalue weighted by atomic mass is 32.2. The van der Waals surface area contributed by atoms with Crippen molar-refractivity contribution in [3.05, 3.63) is 18.2 Å². The van der Waals surface area contributed by atoms with E-state index in [1.807, 2.05) is 0 Å². The summed E-state index contributed by atoms with van der Waals surface area (Å²) in [5, 5.41) is -0.161. The summed E-state index contributed by atoms with van der Waals surface area (Å²) in [6, 6.07) is 4.85. The van der Waals surface area contributed by atoms with E-state index in [1.54, 1.807) is 18.2 Å². The van der Waals surface area contributed by atoms with Crippen molar-refractivity contribution in [2.45, 2.75) is 11.6 Å². The van der Waals surface area contributed by atoms with Gasteiger partial charge in [-0.2, -0.15) is 0 Å². The Hall–Kier alpha value is -1.61. The second kappa shape index (κ2) is 5.06. The van der Waals surface area contributed by atoms with Crippen LogP contribution in [0, 0.1) is 0 Å². The first-order valence-corrected chi connectivity index (χ1v) is 9.54. The van der Waals surface area contributed by atoms with Gasteiger partial charge in [0, 0.05) is 11.9 Å². The number of hydrogen-bond acceptors (Lipinski definition) is 6. The molecule has 3 N–H and O–H groups in total. The molecule has 7 nitrogen and oxygen atoms in total. The molecule has 0 bridgehead atoms. The van der Waals surface area contributed by atoms with Crippen molar-refractivity contribution in [2.75, 3.05) is 23.5 Å². The molecule has 0 aliphatic heterocycles. The molecule has 0 saturated heterocycles. The lowest BCUT2D eigenvalue weighted by molar-refractivity contribution is 0.586. The standard InChI is InChI=1S/C11H15N3O4S2/c1-19(15,16)5-2-6-20(17,18)11-13-9-4-3-8(12)7-10(9)14-11/h3-4,7H,2,5-6,12H2,1H3,(H,13,14). The molecule has 0 spiro atoms. The Morgan fingerprint density at radius 1 is 1.20 bits per heavy atom. The summed E-state index contributed by atoms with van der Waals surface area (Å²) < 4.78 is 46.1. The molecule has 9 heteroatoms. The first-order valence-electron chi connectivity index (χ1n) is 5.83. The number of imidazole rings is 1. The minimum Gasteiger partial charge on any atom is -0.399 e. The molecule has 2 aromatic rings. The predicted octanol–water partition coefficient (Wildman–Crippen LogP) is 0.354. The summed E-state index contributed by atoms with van der Waals surface area (Å²) in [7, 11) is -6.80. The molecular formula is C11H15N3O4S2. The van der Waals surface area contributed by atoms with Crippen LogP contribution in [0.1, 0.15) is 6.42 Å². The number of fused-ring (bicyclic) bond motifs is 1. The maximum absolute atomic E-state index is 12.1. The van der Waals surface area contributed by atoms with Crippen molar-refractivity contribution in [1.29, 1.82) is 0 Å². The molecule has 0 aliphatic rings. The number of nitrogen functional groups attached to an aromatic ring is 1. The summed E-state index contributed by atoms with van der Waals surface area (Å²) in [4.78, 5) is 6.69. The highest BCUT2D eigenvalue weighted by Gasteiger charge is 2.19. The van der Waals surface area contributed by atoms with Crippen LogP contribution in [0.2, 0.25) is 0 Å². The Bertz CT molecular complexity index is 838. The molecular weight excluding hydrogens is 302 g/mol. The first-order chi connectivity index (χ1) is 9.17. The van der Waals surface area contributed by atoms with E-state index < -0.39 is 19.7 Å².